The number of aromatic nitrogens is 1. The molecule has 1 aliphatic heterocycles. The maximum Gasteiger partial charge on any atom is 0.254 e. The smallest absolute Gasteiger partial charge is 0.254 e. The molecule has 0 radical (unpaired) electrons. The van der Waals surface area contributed by atoms with Crippen LogP contribution in [0.2, 0.25) is 0 Å². The van der Waals surface area contributed by atoms with Crippen molar-refractivity contribution in [3.63, 3.8) is 0 Å². The monoisotopic (exact) mass is 300 g/mol. The number of hydrogen-bond donors (Lipinski definition) is 0. The standard InChI is InChI=1S/C17H20N2O3/c1-12-16-5-4-6-18(16)7-8-19(12)17(20)13-9-14(21-2)11-15(10-13)22-3/h4-6,9-12H,7-8H2,1-3H3. The predicted molar refractivity (Wildman–Crippen MR) is 83.4 cm³/mol. The summed E-state index contributed by atoms with van der Waals surface area (Å²) in [7, 11) is 3.17. The molecule has 1 aromatic carbocycles. The van der Waals surface area contributed by atoms with Gasteiger partial charge in [0, 0.05) is 36.6 Å². The van der Waals surface area contributed by atoms with Crippen LogP contribution in [-0.4, -0.2) is 36.1 Å². The lowest BCUT2D eigenvalue weighted by Crippen LogP contribution is -2.40. The minimum Gasteiger partial charge on any atom is -0.497 e. The summed E-state index contributed by atoms with van der Waals surface area (Å²) in [5, 5.41) is 0. The Bertz CT molecular complexity index is 671. The third-order valence-corrected chi connectivity index (χ3v) is 4.20. The highest BCUT2D eigenvalue weighted by molar-refractivity contribution is 5.95. The highest BCUT2D eigenvalue weighted by Crippen LogP contribution is 2.29. The highest BCUT2D eigenvalue weighted by atomic mass is 16.5. The molecule has 1 atom stereocenters. The lowest BCUT2D eigenvalue weighted by atomic mass is 10.1. The predicted octanol–water partition coefficient (Wildman–Crippen LogP) is 2.72. The first-order chi connectivity index (χ1) is 10.6. The minimum absolute atomic E-state index is 0.00264. The zero-order valence-electron chi connectivity index (χ0n) is 13.1. The highest BCUT2D eigenvalue weighted by Gasteiger charge is 2.28. The number of fused-ring (bicyclic) bond motifs is 1. The summed E-state index contributed by atoms with van der Waals surface area (Å²) in [5.74, 6) is 1.24. The molecule has 0 spiro atoms. The van der Waals surface area contributed by atoms with Gasteiger partial charge >= 0.3 is 0 Å². The van der Waals surface area contributed by atoms with Crippen LogP contribution in [0.25, 0.3) is 0 Å². The fourth-order valence-corrected chi connectivity index (χ4v) is 2.95. The Morgan fingerprint density at radius 3 is 2.45 bits per heavy atom. The summed E-state index contributed by atoms with van der Waals surface area (Å²) in [6, 6.07) is 9.41. The van der Waals surface area contributed by atoms with Crippen molar-refractivity contribution in [1.29, 1.82) is 0 Å². The molecular weight excluding hydrogens is 280 g/mol. The molecule has 2 aromatic rings. The molecule has 0 aliphatic carbocycles. The van der Waals surface area contributed by atoms with Gasteiger partial charge in [-0.1, -0.05) is 0 Å². The Morgan fingerprint density at radius 2 is 1.82 bits per heavy atom. The minimum atomic E-state index is -0.00264. The van der Waals surface area contributed by atoms with E-state index in [1.54, 1.807) is 32.4 Å². The van der Waals surface area contributed by atoms with Crippen LogP contribution in [0.15, 0.2) is 36.5 Å². The molecule has 1 unspecified atom stereocenters. The Balaban J connectivity index is 1.91. The van der Waals surface area contributed by atoms with Crippen LogP contribution in [0, 0.1) is 0 Å². The molecule has 116 valence electrons. The third-order valence-electron chi connectivity index (χ3n) is 4.20. The van der Waals surface area contributed by atoms with Gasteiger partial charge in [-0.3, -0.25) is 4.79 Å². The Morgan fingerprint density at radius 1 is 1.14 bits per heavy atom. The van der Waals surface area contributed by atoms with E-state index in [1.165, 1.54) is 0 Å². The summed E-state index contributed by atoms with van der Waals surface area (Å²) in [6.45, 7) is 3.57. The molecule has 1 aromatic heterocycles. The van der Waals surface area contributed by atoms with Gasteiger partial charge in [0.2, 0.25) is 0 Å². The fraction of sp³-hybridized carbons (Fsp3) is 0.353. The lowest BCUT2D eigenvalue weighted by Gasteiger charge is -2.35. The quantitative estimate of drug-likeness (QED) is 0.875. The number of hydrogen-bond acceptors (Lipinski definition) is 3. The van der Waals surface area contributed by atoms with Crippen molar-refractivity contribution in [3.05, 3.63) is 47.8 Å². The molecule has 3 rings (SSSR count). The number of ether oxygens (including phenoxy) is 2. The van der Waals surface area contributed by atoms with Crippen molar-refractivity contribution in [3.8, 4) is 11.5 Å². The van der Waals surface area contributed by atoms with Gasteiger partial charge in [0.25, 0.3) is 5.91 Å². The van der Waals surface area contributed by atoms with Gasteiger partial charge in [0.05, 0.1) is 20.3 Å². The number of amides is 1. The molecule has 1 amide bonds. The largest absolute Gasteiger partial charge is 0.497 e. The van der Waals surface area contributed by atoms with Gasteiger partial charge in [0.15, 0.2) is 0 Å². The van der Waals surface area contributed by atoms with Crippen LogP contribution < -0.4 is 9.47 Å². The third kappa shape index (κ3) is 2.43. The number of nitrogens with zero attached hydrogens (tertiary/aromatic N) is 2. The second-order valence-electron chi connectivity index (χ2n) is 5.40. The van der Waals surface area contributed by atoms with E-state index < -0.39 is 0 Å². The van der Waals surface area contributed by atoms with Gasteiger partial charge in [-0.2, -0.15) is 0 Å². The summed E-state index contributed by atoms with van der Waals surface area (Å²) in [5.41, 5.74) is 1.75. The molecule has 0 saturated heterocycles. The summed E-state index contributed by atoms with van der Waals surface area (Å²) in [6.07, 6.45) is 2.06. The van der Waals surface area contributed by atoms with Gasteiger partial charge in [0.1, 0.15) is 11.5 Å². The van der Waals surface area contributed by atoms with Crippen LogP contribution in [0.3, 0.4) is 0 Å². The molecule has 22 heavy (non-hydrogen) atoms. The SMILES string of the molecule is COc1cc(OC)cc(C(=O)N2CCn3cccc3C2C)c1. The van der Waals surface area contributed by atoms with Crippen molar-refractivity contribution in [2.75, 3.05) is 20.8 Å². The number of carbonyl (C=O) groups is 1. The van der Waals surface area contributed by atoms with Crippen LogP contribution in [0.1, 0.15) is 29.0 Å². The number of methoxy groups -OCH3 is 2. The molecule has 1 aliphatic rings. The van der Waals surface area contributed by atoms with Crippen molar-refractivity contribution in [1.82, 2.24) is 9.47 Å². The van der Waals surface area contributed by atoms with Crippen molar-refractivity contribution >= 4 is 5.91 Å². The lowest BCUT2D eigenvalue weighted by molar-refractivity contribution is 0.0643. The van der Waals surface area contributed by atoms with E-state index in [-0.39, 0.29) is 11.9 Å². The summed E-state index contributed by atoms with van der Waals surface area (Å²) in [4.78, 5) is 14.8. The molecule has 5 heteroatoms. The van der Waals surface area contributed by atoms with Crippen molar-refractivity contribution < 1.29 is 14.3 Å². The molecular formula is C17H20N2O3. The molecule has 2 heterocycles. The Kier molecular flexibility index (Phi) is 3.79. The number of carbonyl (C=O) groups excluding carboxylic acids is 1. The average Bonchev–Trinajstić information content (AvgIpc) is 3.03. The Labute approximate surface area is 130 Å². The summed E-state index contributed by atoms with van der Waals surface area (Å²) >= 11 is 0. The van der Waals surface area contributed by atoms with Gasteiger partial charge < -0.3 is 18.9 Å². The maximum absolute atomic E-state index is 12.9. The second kappa shape index (κ2) is 5.75. The van der Waals surface area contributed by atoms with E-state index in [1.807, 2.05) is 11.0 Å². The molecule has 5 nitrogen and oxygen atoms in total. The number of benzene rings is 1. The van der Waals surface area contributed by atoms with Gasteiger partial charge in [-0.05, 0) is 31.2 Å². The molecule has 0 N–H and O–H groups in total. The molecule has 0 saturated carbocycles. The van der Waals surface area contributed by atoms with Gasteiger partial charge in [-0.15, -0.1) is 0 Å². The maximum atomic E-state index is 12.9. The van der Waals surface area contributed by atoms with Crippen LogP contribution >= 0.6 is 0 Å². The molecule has 0 bridgehead atoms. The van der Waals surface area contributed by atoms with Crippen LogP contribution in [0.5, 0.6) is 11.5 Å². The zero-order valence-corrected chi connectivity index (χ0v) is 13.1. The average molecular weight is 300 g/mol. The van der Waals surface area contributed by atoms with E-state index in [0.717, 1.165) is 12.2 Å². The van der Waals surface area contributed by atoms with Crippen molar-refractivity contribution in [2.24, 2.45) is 0 Å². The topological polar surface area (TPSA) is 43.7 Å². The first kappa shape index (κ1) is 14.5. The molecule has 0 fully saturated rings. The van der Waals surface area contributed by atoms with Crippen molar-refractivity contribution in [2.45, 2.75) is 19.5 Å². The summed E-state index contributed by atoms with van der Waals surface area (Å²) < 4.78 is 12.7. The fourth-order valence-electron chi connectivity index (χ4n) is 2.95. The van der Waals surface area contributed by atoms with E-state index in [0.29, 0.717) is 23.6 Å². The Hall–Kier alpha value is -2.43. The van der Waals surface area contributed by atoms with Crippen LogP contribution in [0.4, 0.5) is 0 Å². The van der Waals surface area contributed by atoms with Crippen LogP contribution in [-0.2, 0) is 6.54 Å². The first-order valence-corrected chi connectivity index (χ1v) is 7.33. The van der Waals surface area contributed by atoms with E-state index in [4.69, 9.17) is 9.47 Å². The zero-order chi connectivity index (χ0) is 15.7. The normalized spacial score (nSPS) is 17.0. The van der Waals surface area contributed by atoms with E-state index in [9.17, 15) is 4.79 Å². The van der Waals surface area contributed by atoms with Gasteiger partial charge in [-0.25, -0.2) is 0 Å². The number of rotatable bonds is 3. The van der Waals surface area contributed by atoms with E-state index in [2.05, 4.69) is 23.8 Å². The second-order valence-corrected chi connectivity index (χ2v) is 5.40. The first-order valence-electron chi connectivity index (χ1n) is 7.33. The van der Waals surface area contributed by atoms with E-state index >= 15 is 0 Å².